The topological polar surface area (TPSA) is 98.6 Å². The van der Waals surface area contributed by atoms with Gasteiger partial charge in [-0.2, -0.15) is 0 Å². The lowest BCUT2D eigenvalue weighted by atomic mass is 9.89. The minimum atomic E-state index is -0.774. The first-order valence-corrected chi connectivity index (χ1v) is 6.30. The largest absolute Gasteiger partial charge is 0.469 e. The lowest BCUT2D eigenvalue weighted by molar-refractivity contribution is -0.148. The van der Waals surface area contributed by atoms with Crippen molar-refractivity contribution in [3.8, 4) is 0 Å². The lowest BCUT2D eigenvalue weighted by Gasteiger charge is -2.26. The van der Waals surface area contributed by atoms with E-state index in [2.05, 4.69) is 11.7 Å². The van der Waals surface area contributed by atoms with Crippen LogP contribution in [0.2, 0.25) is 0 Å². The van der Waals surface area contributed by atoms with E-state index < -0.39 is 18.0 Å². The number of hydrogen-bond donors (Lipinski definition) is 3. The first kappa shape index (κ1) is 14.4. The van der Waals surface area contributed by atoms with Gasteiger partial charge in [-0.1, -0.05) is 19.8 Å². The van der Waals surface area contributed by atoms with E-state index in [1.165, 1.54) is 7.11 Å². The van der Waals surface area contributed by atoms with Crippen LogP contribution in [0.5, 0.6) is 0 Å². The van der Waals surface area contributed by atoms with Crippen molar-refractivity contribution in [1.82, 2.24) is 0 Å². The predicted molar refractivity (Wildman–Crippen MR) is 65.1 cm³/mol. The molecule has 0 spiro atoms. The van der Waals surface area contributed by atoms with Gasteiger partial charge in [0.25, 0.3) is 0 Å². The van der Waals surface area contributed by atoms with E-state index in [4.69, 9.17) is 11.5 Å². The number of aliphatic hydroxyl groups excluding tert-OH is 1. The first-order chi connectivity index (χ1) is 8.02. The number of carbonyl (C=O) groups excluding carboxylic acids is 1. The number of hydrogen-bond acceptors (Lipinski definition) is 5. The van der Waals surface area contributed by atoms with Crippen molar-refractivity contribution >= 4 is 5.97 Å². The molecule has 0 bridgehead atoms. The summed E-state index contributed by atoms with van der Waals surface area (Å²) in [6, 6.07) is -0.365. The zero-order valence-corrected chi connectivity index (χ0v) is 10.6. The highest BCUT2D eigenvalue weighted by Gasteiger charge is 2.46. The van der Waals surface area contributed by atoms with Crippen LogP contribution in [-0.4, -0.2) is 36.4 Å². The Morgan fingerprint density at radius 2 is 2.24 bits per heavy atom. The summed E-state index contributed by atoms with van der Waals surface area (Å²) in [5, 5.41) is 10.1. The fourth-order valence-corrected chi connectivity index (χ4v) is 2.70. The highest BCUT2D eigenvalue weighted by Crippen LogP contribution is 2.34. The second kappa shape index (κ2) is 6.33. The van der Waals surface area contributed by atoms with Crippen molar-refractivity contribution in [1.29, 1.82) is 0 Å². The Kier molecular flexibility index (Phi) is 5.36. The Balaban J connectivity index is 2.64. The van der Waals surface area contributed by atoms with Gasteiger partial charge in [-0.3, -0.25) is 4.79 Å². The molecule has 5 atom stereocenters. The molecule has 0 amide bonds. The molecule has 1 saturated carbocycles. The Labute approximate surface area is 102 Å². The van der Waals surface area contributed by atoms with Crippen LogP contribution >= 0.6 is 0 Å². The monoisotopic (exact) mass is 244 g/mol. The van der Waals surface area contributed by atoms with Gasteiger partial charge in [-0.25, -0.2) is 0 Å². The minimum absolute atomic E-state index is 0.144. The Morgan fingerprint density at radius 1 is 1.59 bits per heavy atom. The van der Waals surface area contributed by atoms with Crippen LogP contribution in [0.15, 0.2) is 0 Å². The molecule has 5 heteroatoms. The Hall–Kier alpha value is -0.650. The fraction of sp³-hybridized carbons (Fsp3) is 0.917. The number of carbonyl (C=O) groups is 1. The Morgan fingerprint density at radius 3 is 2.76 bits per heavy atom. The molecule has 5 unspecified atom stereocenters. The van der Waals surface area contributed by atoms with E-state index in [0.717, 1.165) is 19.3 Å². The van der Waals surface area contributed by atoms with Gasteiger partial charge in [0, 0.05) is 18.0 Å². The number of esters is 1. The van der Waals surface area contributed by atoms with Gasteiger partial charge in [0.15, 0.2) is 0 Å². The average molecular weight is 244 g/mol. The third kappa shape index (κ3) is 3.18. The van der Waals surface area contributed by atoms with Gasteiger partial charge in [-0.15, -0.1) is 0 Å². The first-order valence-electron chi connectivity index (χ1n) is 6.30. The third-order valence-electron chi connectivity index (χ3n) is 3.72. The normalized spacial score (nSPS) is 34.6. The van der Waals surface area contributed by atoms with E-state index >= 15 is 0 Å². The van der Waals surface area contributed by atoms with Crippen LogP contribution < -0.4 is 11.5 Å². The van der Waals surface area contributed by atoms with E-state index in [1.54, 1.807) is 0 Å². The average Bonchev–Trinajstić information content (AvgIpc) is 2.61. The smallest absolute Gasteiger partial charge is 0.311 e. The molecule has 1 rings (SSSR count). The molecule has 5 nitrogen and oxygen atoms in total. The van der Waals surface area contributed by atoms with E-state index in [-0.39, 0.29) is 18.0 Å². The van der Waals surface area contributed by atoms with Gasteiger partial charge in [0.05, 0.1) is 19.1 Å². The van der Waals surface area contributed by atoms with Gasteiger partial charge in [0.1, 0.15) is 0 Å². The summed E-state index contributed by atoms with van der Waals surface area (Å²) in [5.74, 6) is -1.11. The van der Waals surface area contributed by atoms with Crippen molar-refractivity contribution in [3.63, 3.8) is 0 Å². The summed E-state index contributed by atoms with van der Waals surface area (Å²) in [6.45, 7) is 2.09. The van der Waals surface area contributed by atoms with Gasteiger partial charge >= 0.3 is 5.97 Å². The molecule has 1 aliphatic carbocycles. The minimum Gasteiger partial charge on any atom is -0.469 e. The number of methoxy groups -OCH3 is 1. The van der Waals surface area contributed by atoms with Crippen LogP contribution in [0.3, 0.4) is 0 Å². The molecule has 1 aliphatic rings. The second-order valence-corrected chi connectivity index (χ2v) is 4.90. The molecule has 0 aromatic rings. The molecule has 1 fully saturated rings. The molecular formula is C12H24N2O3. The highest BCUT2D eigenvalue weighted by atomic mass is 16.5. The molecule has 0 saturated heterocycles. The van der Waals surface area contributed by atoms with Gasteiger partial charge < -0.3 is 21.3 Å². The molecule has 0 heterocycles. The summed E-state index contributed by atoms with van der Waals surface area (Å²) >= 11 is 0. The number of nitrogens with two attached hydrogens (primary N) is 2. The molecule has 0 aliphatic heterocycles. The number of unbranched alkanes of at least 4 members (excludes halogenated alkanes) is 1. The molecule has 0 aromatic heterocycles. The maximum Gasteiger partial charge on any atom is 0.311 e. The van der Waals surface area contributed by atoms with Gasteiger partial charge in [0.2, 0.25) is 0 Å². The molecule has 0 aromatic carbocycles. The standard InChI is InChI=1S/C12H24N2O3/c1-3-4-5-8(13)10-9(14)6-7(11(10)15)12(16)17-2/h7-11,15H,3-6,13-14H2,1-2H3. The third-order valence-corrected chi connectivity index (χ3v) is 3.72. The maximum atomic E-state index is 11.5. The molecule has 0 radical (unpaired) electrons. The number of aliphatic hydroxyl groups is 1. The zero-order chi connectivity index (χ0) is 13.0. The molecular weight excluding hydrogens is 220 g/mol. The van der Waals surface area contributed by atoms with E-state index in [9.17, 15) is 9.90 Å². The summed E-state index contributed by atoms with van der Waals surface area (Å²) in [7, 11) is 1.32. The number of rotatable bonds is 5. The molecule has 100 valence electrons. The summed E-state index contributed by atoms with van der Waals surface area (Å²) < 4.78 is 4.67. The second-order valence-electron chi connectivity index (χ2n) is 4.90. The zero-order valence-electron chi connectivity index (χ0n) is 10.6. The summed E-state index contributed by atoms with van der Waals surface area (Å²) in [5.41, 5.74) is 12.0. The number of ether oxygens (including phenoxy) is 1. The van der Waals surface area contributed by atoms with Crippen LogP contribution in [0.25, 0.3) is 0 Å². The van der Waals surface area contributed by atoms with Crippen LogP contribution in [0.1, 0.15) is 32.6 Å². The van der Waals surface area contributed by atoms with Crippen LogP contribution in [0.4, 0.5) is 0 Å². The maximum absolute atomic E-state index is 11.5. The SMILES string of the molecule is CCCCC(N)C1C(N)CC(C(=O)OC)C1O. The van der Waals surface area contributed by atoms with Crippen molar-refractivity contribution in [2.45, 2.75) is 50.8 Å². The van der Waals surface area contributed by atoms with Crippen molar-refractivity contribution in [2.24, 2.45) is 23.3 Å². The van der Waals surface area contributed by atoms with E-state index in [0.29, 0.717) is 6.42 Å². The fourth-order valence-electron chi connectivity index (χ4n) is 2.70. The molecule has 5 N–H and O–H groups in total. The quantitative estimate of drug-likeness (QED) is 0.591. The van der Waals surface area contributed by atoms with Gasteiger partial charge in [-0.05, 0) is 12.8 Å². The van der Waals surface area contributed by atoms with Crippen molar-refractivity contribution in [2.75, 3.05) is 7.11 Å². The Bertz CT molecular complexity index is 260. The van der Waals surface area contributed by atoms with Crippen LogP contribution in [-0.2, 0) is 9.53 Å². The van der Waals surface area contributed by atoms with E-state index in [1.807, 2.05) is 0 Å². The lowest BCUT2D eigenvalue weighted by Crippen LogP contribution is -2.44. The van der Waals surface area contributed by atoms with Crippen molar-refractivity contribution in [3.05, 3.63) is 0 Å². The highest BCUT2D eigenvalue weighted by molar-refractivity contribution is 5.73. The molecule has 17 heavy (non-hydrogen) atoms. The van der Waals surface area contributed by atoms with Crippen LogP contribution in [0, 0.1) is 11.8 Å². The van der Waals surface area contributed by atoms with Crippen molar-refractivity contribution < 1.29 is 14.6 Å². The summed E-state index contributed by atoms with van der Waals surface area (Å²) in [4.78, 5) is 11.5. The summed E-state index contributed by atoms with van der Waals surface area (Å²) in [6.07, 6.45) is 2.59. The predicted octanol–water partition coefficient (Wildman–Crippen LogP) is 0.00120.